The second-order valence-electron chi connectivity index (χ2n) is 7.03. The Morgan fingerprint density at radius 3 is 2.77 bits per heavy atom. The lowest BCUT2D eigenvalue weighted by atomic mass is 10.1. The number of sulfonamides is 1. The van der Waals surface area contributed by atoms with Crippen LogP contribution in [0.2, 0.25) is 0 Å². The molecule has 0 aliphatic carbocycles. The van der Waals surface area contributed by atoms with E-state index in [4.69, 9.17) is 0 Å². The van der Waals surface area contributed by atoms with Gasteiger partial charge in [-0.2, -0.15) is 0 Å². The van der Waals surface area contributed by atoms with E-state index >= 15 is 0 Å². The molecule has 0 spiro atoms. The zero-order chi connectivity index (χ0) is 18.6. The van der Waals surface area contributed by atoms with Crippen LogP contribution in [0.3, 0.4) is 0 Å². The lowest BCUT2D eigenvalue weighted by Crippen LogP contribution is -2.47. The first kappa shape index (κ1) is 19.0. The fourth-order valence-electron chi connectivity index (χ4n) is 3.48. The monoisotopic (exact) mass is 376 g/mol. The van der Waals surface area contributed by atoms with Crippen molar-refractivity contribution in [3.63, 3.8) is 0 Å². The fraction of sp³-hybridized carbons (Fsp3) is 0.400. The number of likely N-dealkylation sites (tertiary alicyclic amines) is 1. The maximum absolute atomic E-state index is 13.8. The van der Waals surface area contributed by atoms with Crippen LogP contribution in [0.4, 0.5) is 4.39 Å². The average Bonchev–Trinajstić information content (AvgIpc) is 2.56. The molecule has 1 N–H and O–H groups in total. The second kappa shape index (κ2) is 8.29. The summed E-state index contributed by atoms with van der Waals surface area (Å²) >= 11 is 0. The Balaban J connectivity index is 1.60. The van der Waals surface area contributed by atoms with E-state index in [1.54, 1.807) is 12.1 Å². The Morgan fingerprint density at radius 1 is 1.19 bits per heavy atom. The first-order valence-corrected chi connectivity index (χ1v) is 10.6. The molecule has 2 aromatic rings. The first-order valence-electron chi connectivity index (χ1n) is 8.92. The van der Waals surface area contributed by atoms with Gasteiger partial charge in [0, 0.05) is 24.7 Å². The van der Waals surface area contributed by atoms with Gasteiger partial charge in [-0.05, 0) is 37.9 Å². The van der Waals surface area contributed by atoms with Crippen molar-refractivity contribution in [3.05, 3.63) is 71.0 Å². The molecule has 2 aromatic carbocycles. The number of piperidine rings is 1. The maximum atomic E-state index is 13.8. The topological polar surface area (TPSA) is 49.4 Å². The van der Waals surface area contributed by atoms with E-state index in [1.165, 1.54) is 6.07 Å². The van der Waals surface area contributed by atoms with Crippen LogP contribution < -0.4 is 4.72 Å². The van der Waals surface area contributed by atoms with Gasteiger partial charge >= 0.3 is 0 Å². The lowest BCUT2D eigenvalue weighted by molar-refractivity contribution is 0.192. The minimum absolute atomic E-state index is 0.0154. The highest BCUT2D eigenvalue weighted by molar-refractivity contribution is 7.88. The molecule has 1 saturated heterocycles. The summed E-state index contributed by atoms with van der Waals surface area (Å²) in [6, 6.07) is 14.2. The van der Waals surface area contributed by atoms with Gasteiger partial charge in [0.05, 0.1) is 5.75 Å². The summed E-state index contributed by atoms with van der Waals surface area (Å²) in [4.78, 5) is 2.11. The molecule has 3 rings (SSSR count). The van der Waals surface area contributed by atoms with Crippen LogP contribution >= 0.6 is 0 Å². The lowest BCUT2D eigenvalue weighted by Gasteiger charge is -2.33. The van der Waals surface area contributed by atoms with E-state index < -0.39 is 10.0 Å². The van der Waals surface area contributed by atoms with E-state index in [2.05, 4.69) is 9.62 Å². The normalized spacial score (nSPS) is 18.8. The molecule has 0 bridgehead atoms. The molecule has 6 heteroatoms. The molecular weight excluding hydrogens is 351 g/mol. The molecule has 0 radical (unpaired) electrons. The minimum Gasteiger partial charge on any atom is -0.297 e. The number of benzene rings is 2. The molecule has 1 fully saturated rings. The molecule has 1 heterocycles. The van der Waals surface area contributed by atoms with Gasteiger partial charge in [-0.1, -0.05) is 48.0 Å². The molecular formula is C20H25FN2O2S. The van der Waals surface area contributed by atoms with Crippen LogP contribution in [0, 0.1) is 12.7 Å². The Bertz CT molecular complexity index is 854. The summed E-state index contributed by atoms with van der Waals surface area (Å²) < 4.78 is 41.7. The molecule has 140 valence electrons. The van der Waals surface area contributed by atoms with Gasteiger partial charge in [0.15, 0.2) is 0 Å². The second-order valence-corrected chi connectivity index (χ2v) is 8.79. The Hall–Kier alpha value is -1.76. The standard InChI is InChI=1S/C20H25FN2O2S/c1-16-6-4-7-17(12-16)15-26(24,25)22-19-9-5-11-23(14-19)13-18-8-2-3-10-20(18)21/h2-4,6-8,10,12,19,22H,5,9,11,13-15H2,1H3. The van der Waals surface area contributed by atoms with Crippen molar-refractivity contribution in [1.29, 1.82) is 0 Å². The molecule has 4 nitrogen and oxygen atoms in total. The van der Waals surface area contributed by atoms with Crippen molar-refractivity contribution in [2.45, 2.75) is 38.1 Å². The molecule has 26 heavy (non-hydrogen) atoms. The van der Waals surface area contributed by atoms with E-state index in [0.717, 1.165) is 30.5 Å². The summed E-state index contributed by atoms with van der Waals surface area (Å²) in [6.07, 6.45) is 1.70. The molecule has 0 aromatic heterocycles. The maximum Gasteiger partial charge on any atom is 0.216 e. The van der Waals surface area contributed by atoms with E-state index in [9.17, 15) is 12.8 Å². The van der Waals surface area contributed by atoms with E-state index in [0.29, 0.717) is 18.7 Å². The summed E-state index contributed by atoms with van der Waals surface area (Å²) in [6.45, 7) is 3.90. The highest BCUT2D eigenvalue weighted by Crippen LogP contribution is 2.17. The third-order valence-electron chi connectivity index (χ3n) is 4.64. The summed E-state index contributed by atoms with van der Waals surface area (Å²) in [5, 5.41) is 0. The zero-order valence-corrected chi connectivity index (χ0v) is 15.8. The number of aryl methyl sites for hydroxylation is 1. The number of halogens is 1. The summed E-state index contributed by atoms with van der Waals surface area (Å²) in [5.41, 5.74) is 2.48. The molecule has 1 aliphatic heterocycles. The number of nitrogens with one attached hydrogen (secondary N) is 1. The Morgan fingerprint density at radius 2 is 2.00 bits per heavy atom. The van der Waals surface area contributed by atoms with Crippen molar-refractivity contribution in [1.82, 2.24) is 9.62 Å². The predicted molar refractivity (Wildman–Crippen MR) is 102 cm³/mol. The van der Waals surface area contributed by atoms with Gasteiger partial charge < -0.3 is 0 Å². The van der Waals surface area contributed by atoms with E-state index in [1.807, 2.05) is 37.3 Å². The van der Waals surface area contributed by atoms with Gasteiger partial charge in [-0.25, -0.2) is 17.5 Å². The van der Waals surface area contributed by atoms with E-state index in [-0.39, 0.29) is 17.6 Å². The number of hydrogen-bond acceptors (Lipinski definition) is 3. The molecule has 1 unspecified atom stereocenters. The van der Waals surface area contributed by atoms with Crippen molar-refractivity contribution in [3.8, 4) is 0 Å². The Kier molecular flexibility index (Phi) is 6.06. The van der Waals surface area contributed by atoms with Gasteiger partial charge in [-0.15, -0.1) is 0 Å². The zero-order valence-electron chi connectivity index (χ0n) is 15.0. The molecule has 0 saturated carbocycles. The minimum atomic E-state index is -3.41. The summed E-state index contributed by atoms with van der Waals surface area (Å²) in [7, 11) is -3.41. The predicted octanol–water partition coefficient (Wildman–Crippen LogP) is 3.22. The third kappa shape index (κ3) is 5.37. The Labute approximate surface area is 155 Å². The molecule has 1 atom stereocenters. The fourth-order valence-corrected chi connectivity index (χ4v) is 4.88. The molecule has 0 amide bonds. The highest BCUT2D eigenvalue weighted by Gasteiger charge is 2.24. The molecule has 1 aliphatic rings. The number of rotatable bonds is 6. The van der Waals surface area contributed by atoms with Crippen molar-refractivity contribution in [2.24, 2.45) is 0 Å². The summed E-state index contributed by atoms with van der Waals surface area (Å²) in [5.74, 6) is -0.229. The van der Waals surface area contributed by atoms with Crippen LogP contribution in [0.15, 0.2) is 48.5 Å². The van der Waals surface area contributed by atoms with Gasteiger partial charge in [-0.3, -0.25) is 4.90 Å². The van der Waals surface area contributed by atoms with Crippen LogP contribution in [-0.4, -0.2) is 32.4 Å². The quantitative estimate of drug-likeness (QED) is 0.842. The number of nitrogens with zero attached hydrogens (tertiary/aromatic N) is 1. The van der Waals surface area contributed by atoms with Gasteiger partial charge in [0.1, 0.15) is 5.82 Å². The smallest absolute Gasteiger partial charge is 0.216 e. The first-order chi connectivity index (χ1) is 12.4. The van der Waals surface area contributed by atoms with Crippen LogP contribution in [0.5, 0.6) is 0 Å². The van der Waals surface area contributed by atoms with Crippen molar-refractivity contribution >= 4 is 10.0 Å². The highest BCUT2D eigenvalue weighted by atomic mass is 32.2. The average molecular weight is 376 g/mol. The van der Waals surface area contributed by atoms with Crippen molar-refractivity contribution in [2.75, 3.05) is 13.1 Å². The van der Waals surface area contributed by atoms with Gasteiger partial charge in [0.2, 0.25) is 10.0 Å². The van der Waals surface area contributed by atoms with Crippen LogP contribution in [0.1, 0.15) is 29.5 Å². The third-order valence-corrected chi connectivity index (χ3v) is 6.05. The van der Waals surface area contributed by atoms with Crippen LogP contribution in [-0.2, 0) is 22.3 Å². The largest absolute Gasteiger partial charge is 0.297 e. The SMILES string of the molecule is Cc1cccc(CS(=O)(=O)NC2CCCN(Cc3ccccc3F)C2)c1. The van der Waals surface area contributed by atoms with Crippen molar-refractivity contribution < 1.29 is 12.8 Å². The van der Waals surface area contributed by atoms with Gasteiger partial charge in [0.25, 0.3) is 0 Å². The van der Waals surface area contributed by atoms with Crippen LogP contribution in [0.25, 0.3) is 0 Å². The number of hydrogen-bond donors (Lipinski definition) is 1.